The van der Waals surface area contributed by atoms with Crippen molar-refractivity contribution in [3.8, 4) is 5.75 Å². The zero-order valence-electron chi connectivity index (χ0n) is 21.6. The van der Waals surface area contributed by atoms with Crippen molar-refractivity contribution in [2.24, 2.45) is 0 Å². The second-order valence-electron chi connectivity index (χ2n) is 9.89. The molecular formula is C27H33N5O3S2. The number of benzene rings is 1. The molecule has 1 saturated carbocycles. The van der Waals surface area contributed by atoms with Crippen molar-refractivity contribution in [3.05, 3.63) is 71.3 Å². The molecule has 3 aromatic rings. The molecular weight excluding hydrogens is 506 g/mol. The Balaban J connectivity index is 1.65. The normalized spacial score (nSPS) is 20.3. The number of hydrogen-bond donors (Lipinski definition) is 2. The average Bonchev–Trinajstić information content (AvgIpc) is 3.56. The van der Waals surface area contributed by atoms with Crippen molar-refractivity contribution in [2.45, 2.75) is 57.7 Å². The number of sulfonamides is 1. The number of aromatic nitrogens is 2. The van der Waals surface area contributed by atoms with E-state index in [0.717, 1.165) is 17.6 Å². The Hall–Kier alpha value is -3.11. The van der Waals surface area contributed by atoms with E-state index in [4.69, 9.17) is 17.0 Å². The summed E-state index contributed by atoms with van der Waals surface area (Å²) in [7, 11) is -2.00. The molecule has 1 aliphatic heterocycles. The van der Waals surface area contributed by atoms with Gasteiger partial charge in [0.05, 0.1) is 36.8 Å². The number of pyridine rings is 1. The van der Waals surface area contributed by atoms with Gasteiger partial charge in [-0.05, 0) is 80.9 Å². The zero-order valence-corrected chi connectivity index (χ0v) is 23.2. The smallest absolute Gasteiger partial charge is 0.229 e. The van der Waals surface area contributed by atoms with E-state index in [-0.39, 0.29) is 12.1 Å². The van der Waals surface area contributed by atoms with Crippen LogP contribution in [0.1, 0.15) is 66.5 Å². The fourth-order valence-electron chi connectivity index (χ4n) is 5.90. The van der Waals surface area contributed by atoms with Crippen LogP contribution >= 0.6 is 12.2 Å². The maximum absolute atomic E-state index is 12.1. The summed E-state index contributed by atoms with van der Waals surface area (Å²) in [5.74, 6) is 0.435. The highest BCUT2D eigenvalue weighted by Gasteiger charge is 2.42. The SMILES string of the molecule is COc1ccc(N2C(=S)N[C@H](c3ccccn3)[C@@H]2c2cc(C)n(C3CCCC3)c2C)cc1NS(C)(=O)=O. The van der Waals surface area contributed by atoms with E-state index in [1.165, 1.54) is 49.7 Å². The third-order valence-corrected chi connectivity index (χ3v) is 8.29. The molecule has 5 rings (SSSR count). The Morgan fingerprint density at radius 1 is 1.14 bits per heavy atom. The van der Waals surface area contributed by atoms with E-state index >= 15 is 0 Å². The van der Waals surface area contributed by atoms with E-state index in [2.05, 4.69) is 44.4 Å². The van der Waals surface area contributed by atoms with E-state index in [1.54, 1.807) is 18.3 Å². The average molecular weight is 540 g/mol. The lowest BCUT2D eigenvalue weighted by Gasteiger charge is -2.29. The van der Waals surface area contributed by atoms with Crippen LogP contribution in [0, 0.1) is 13.8 Å². The van der Waals surface area contributed by atoms with Crippen LogP contribution < -0.4 is 19.7 Å². The van der Waals surface area contributed by atoms with Gasteiger partial charge >= 0.3 is 0 Å². The molecule has 1 saturated heterocycles. The monoisotopic (exact) mass is 539 g/mol. The summed E-state index contributed by atoms with van der Waals surface area (Å²) in [4.78, 5) is 6.73. The largest absolute Gasteiger partial charge is 0.495 e. The minimum atomic E-state index is -3.51. The summed E-state index contributed by atoms with van der Waals surface area (Å²) >= 11 is 5.89. The Morgan fingerprint density at radius 3 is 2.54 bits per heavy atom. The molecule has 0 radical (unpaired) electrons. The molecule has 0 amide bonds. The lowest BCUT2D eigenvalue weighted by molar-refractivity contribution is 0.417. The van der Waals surface area contributed by atoms with E-state index in [9.17, 15) is 8.42 Å². The third-order valence-electron chi connectivity index (χ3n) is 7.39. The van der Waals surface area contributed by atoms with Crippen molar-refractivity contribution >= 4 is 38.7 Å². The van der Waals surface area contributed by atoms with Crippen molar-refractivity contribution in [2.75, 3.05) is 23.0 Å². The van der Waals surface area contributed by atoms with E-state index in [0.29, 0.717) is 22.6 Å². The first kappa shape index (κ1) is 25.5. The van der Waals surface area contributed by atoms with Gasteiger partial charge in [-0.2, -0.15) is 0 Å². The molecule has 196 valence electrons. The predicted octanol–water partition coefficient (Wildman–Crippen LogP) is 5.17. The molecule has 0 bridgehead atoms. The van der Waals surface area contributed by atoms with Crippen LogP contribution in [0.3, 0.4) is 0 Å². The lowest BCUT2D eigenvalue weighted by atomic mass is 9.96. The highest BCUT2D eigenvalue weighted by atomic mass is 32.2. The van der Waals surface area contributed by atoms with Crippen molar-refractivity contribution < 1.29 is 13.2 Å². The second kappa shape index (κ2) is 9.98. The number of hydrogen-bond acceptors (Lipinski definition) is 5. The van der Waals surface area contributed by atoms with E-state index in [1.807, 2.05) is 24.3 Å². The molecule has 8 nitrogen and oxygen atoms in total. The summed E-state index contributed by atoms with van der Waals surface area (Å²) in [6.07, 6.45) is 7.84. The summed E-state index contributed by atoms with van der Waals surface area (Å²) in [5, 5.41) is 4.06. The molecule has 3 heterocycles. The minimum Gasteiger partial charge on any atom is -0.495 e. The molecule has 2 aliphatic rings. The van der Waals surface area contributed by atoms with Crippen LogP contribution in [-0.2, 0) is 10.0 Å². The van der Waals surface area contributed by atoms with Crippen LogP contribution in [0.15, 0.2) is 48.7 Å². The fourth-order valence-corrected chi connectivity index (χ4v) is 6.81. The van der Waals surface area contributed by atoms with Gasteiger partial charge in [0.15, 0.2) is 5.11 Å². The molecule has 2 N–H and O–H groups in total. The number of aryl methyl sites for hydroxylation is 1. The van der Waals surface area contributed by atoms with Crippen LogP contribution in [0.5, 0.6) is 5.75 Å². The highest BCUT2D eigenvalue weighted by Crippen LogP contribution is 2.46. The van der Waals surface area contributed by atoms with Crippen LogP contribution in [0.25, 0.3) is 0 Å². The zero-order chi connectivity index (χ0) is 26.3. The Bertz CT molecular complexity index is 1420. The van der Waals surface area contributed by atoms with Gasteiger partial charge in [0, 0.05) is 29.3 Å². The van der Waals surface area contributed by atoms with Gasteiger partial charge in [-0.1, -0.05) is 18.9 Å². The molecule has 1 aliphatic carbocycles. The van der Waals surface area contributed by atoms with Gasteiger partial charge in [0.2, 0.25) is 10.0 Å². The maximum Gasteiger partial charge on any atom is 0.229 e. The molecule has 0 unspecified atom stereocenters. The highest BCUT2D eigenvalue weighted by molar-refractivity contribution is 7.92. The number of rotatable bonds is 7. The number of thiocarbonyl (C=S) groups is 1. The van der Waals surface area contributed by atoms with E-state index < -0.39 is 10.0 Å². The lowest BCUT2D eigenvalue weighted by Crippen LogP contribution is -2.29. The first-order chi connectivity index (χ1) is 17.7. The summed E-state index contributed by atoms with van der Waals surface area (Å²) in [6.45, 7) is 4.37. The fraction of sp³-hybridized carbons (Fsp3) is 0.407. The number of nitrogens with one attached hydrogen (secondary N) is 2. The second-order valence-corrected chi connectivity index (χ2v) is 12.0. The van der Waals surface area contributed by atoms with Crippen LogP contribution in [0.4, 0.5) is 11.4 Å². The van der Waals surface area contributed by atoms with Crippen LogP contribution in [0.2, 0.25) is 0 Å². The molecule has 2 aromatic heterocycles. The topological polar surface area (TPSA) is 88.5 Å². The summed E-state index contributed by atoms with van der Waals surface area (Å²) in [5.41, 5.74) is 5.67. The third kappa shape index (κ3) is 4.92. The summed E-state index contributed by atoms with van der Waals surface area (Å²) in [6, 6.07) is 13.8. The number of methoxy groups -OCH3 is 1. The first-order valence-electron chi connectivity index (χ1n) is 12.5. The Morgan fingerprint density at radius 2 is 1.89 bits per heavy atom. The molecule has 1 aromatic carbocycles. The molecule has 2 fully saturated rings. The van der Waals surface area contributed by atoms with Crippen molar-refractivity contribution in [1.29, 1.82) is 0 Å². The number of anilines is 2. The molecule has 2 atom stereocenters. The van der Waals surface area contributed by atoms with Gasteiger partial charge in [-0.15, -0.1) is 0 Å². The van der Waals surface area contributed by atoms with Gasteiger partial charge in [0.1, 0.15) is 5.75 Å². The number of ether oxygens (including phenoxy) is 1. The standard InChI is InChI=1S/C27H33N5O3S2/c1-17-15-21(18(2)31(17)19-9-5-6-10-19)26-25(22-11-7-8-14-28-22)29-27(36)32(26)20-12-13-24(35-3)23(16-20)30-37(4,33)34/h7-8,11-16,19,25-26,30H,5-6,9-10H2,1-4H3,(H,29,36)/t25-,26+/m1/s1. The number of nitrogens with zero attached hydrogens (tertiary/aromatic N) is 3. The maximum atomic E-state index is 12.1. The summed E-state index contributed by atoms with van der Waals surface area (Å²) < 4.78 is 34.6. The van der Waals surface area contributed by atoms with Crippen LogP contribution in [-0.4, -0.2) is 36.4 Å². The van der Waals surface area contributed by atoms with Crippen molar-refractivity contribution in [1.82, 2.24) is 14.9 Å². The molecule has 10 heteroatoms. The molecule has 37 heavy (non-hydrogen) atoms. The predicted molar refractivity (Wildman–Crippen MR) is 151 cm³/mol. The van der Waals surface area contributed by atoms with Crippen molar-refractivity contribution in [3.63, 3.8) is 0 Å². The first-order valence-corrected chi connectivity index (χ1v) is 14.8. The minimum absolute atomic E-state index is 0.178. The van der Waals surface area contributed by atoms with Gasteiger partial charge in [-0.25, -0.2) is 8.42 Å². The van der Waals surface area contributed by atoms with Gasteiger partial charge in [-0.3, -0.25) is 9.71 Å². The Kier molecular flexibility index (Phi) is 6.89. The quantitative estimate of drug-likeness (QED) is 0.400. The van der Waals surface area contributed by atoms with Gasteiger partial charge in [0.25, 0.3) is 0 Å². The molecule has 0 spiro atoms. The van der Waals surface area contributed by atoms with Gasteiger partial charge < -0.3 is 19.5 Å². The Labute approximate surface area is 224 Å².